The third kappa shape index (κ3) is 11.5. The molecule has 0 aliphatic heterocycles. The SMILES string of the molecule is CC(C)O[C-](OC(C)C)OC(C)C.CC(C)[Si](Oc1c[c-]co1)(C(C)C)C(C)C.[Ti+2]. The molecule has 1 rings (SSSR count). The molecule has 0 fully saturated rings. The minimum atomic E-state index is -1.85. The zero-order chi connectivity index (χ0) is 22.8. The Labute approximate surface area is 201 Å². The van der Waals surface area contributed by atoms with Crippen LogP contribution in [0.15, 0.2) is 16.7 Å². The van der Waals surface area contributed by atoms with Gasteiger partial charge in [0.15, 0.2) is 0 Å². The molecule has 1 heterocycles. The van der Waals surface area contributed by atoms with Crippen molar-refractivity contribution in [3.05, 3.63) is 24.9 Å². The summed E-state index contributed by atoms with van der Waals surface area (Å²) in [5.41, 5.74) is 1.70. The molecule has 0 aromatic carbocycles. The molecular formula is C23H44O5SiTi. The van der Waals surface area contributed by atoms with E-state index in [-0.39, 0.29) is 46.5 Å². The van der Waals surface area contributed by atoms with E-state index < -0.39 is 8.32 Å². The van der Waals surface area contributed by atoms with E-state index >= 15 is 0 Å². The van der Waals surface area contributed by atoms with Gasteiger partial charge < -0.3 is 23.1 Å². The fraction of sp³-hybridized carbons (Fsp3) is 0.783. The van der Waals surface area contributed by atoms with Crippen LogP contribution in [0.5, 0.6) is 5.95 Å². The summed E-state index contributed by atoms with van der Waals surface area (Å²) in [4.78, 5) is 0. The van der Waals surface area contributed by atoms with Gasteiger partial charge in [0, 0.05) is 24.8 Å². The predicted octanol–water partition coefficient (Wildman–Crippen LogP) is 7.34. The summed E-state index contributed by atoms with van der Waals surface area (Å²) < 4.78 is 27.6. The second-order valence-electron chi connectivity index (χ2n) is 9.04. The second kappa shape index (κ2) is 15.7. The maximum Gasteiger partial charge on any atom is 2.00 e. The Morgan fingerprint density at radius 3 is 1.33 bits per heavy atom. The van der Waals surface area contributed by atoms with Crippen LogP contribution in [0.25, 0.3) is 0 Å². The smallest absolute Gasteiger partial charge is 0.605 e. The first-order valence-corrected chi connectivity index (χ1v) is 13.0. The van der Waals surface area contributed by atoms with Crippen molar-refractivity contribution in [1.82, 2.24) is 0 Å². The normalized spacial score (nSPS) is 12.2. The number of ether oxygens (including phenoxy) is 3. The Morgan fingerprint density at radius 1 is 0.733 bits per heavy atom. The van der Waals surface area contributed by atoms with E-state index in [9.17, 15) is 0 Å². The van der Waals surface area contributed by atoms with E-state index in [1.54, 1.807) is 12.3 Å². The molecule has 0 aliphatic carbocycles. The summed E-state index contributed by atoms with van der Waals surface area (Å²) >= 11 is 0. The second-order valence-corrected chi connectivity index (χ2v) is 14.4. The summed E-state index contributed by atoms with van der Waals surface area (Å²) in [6, 6.07) is 4.69. The van der Waals surface area contributed by atoms with E-state index in [0.29, 0.717) is 22.6 Å². The van der Waals surface area contributed by atoms with E-state index in [1.165, 1.54) is 0 Å². The fourth-order valence-corrected chi connectivity index (χ4v) is 8.63. The molecule has 0 unspecified atom stereocenters. The first-order chi connectivity index (χ1) is 13.3. The minimum absolute atomic E-state index is 0. The van der Waals surface area contributed by atoms with Crippen molar-refractivity contribution < 1.29 is 44.8 Å². The Morgan fingerprint density at radius 2 is 1.10 bits per heavy atom. The Kier molecular flexibility index (Phi) is 16.7. The zero-order valence-corrected chi connectivity index (χ0v) is 23.7. The van der Waals surface area contributed by atoms with Gasteiger partial charge in [-0.1, -0.05) is 41.5 Å². The zero-order valence-electron chi connectivity index (χ0n) is 21.2. The average molecular weight is 477 g/mol. The molecule has 0 aliphatic rings. The van der Waals surface area contributed by atoms with E-state index in [1.807, 2.05) is 41.5 Å². The molecule has 0 atom stereocenters. The molecule has 7 heteroatoms. The van der Waals surface area contributed by atoms with Crippen molar-refractivity contribution >= 4 is 8.32 Å². The van der Waals surface area contributed by atoms with E-state index in [4.69, 9.17) is 23.1 Å². The molecule has 0 amide bonds. The number of furan rings is 1. The molecule has 0 N–H and O–H groups in total. The monoisotopic (exact) mass is 476 g/mol. The van der Waals surface area contributed by atoms with Gasteiger partial charge in [-0.3, -0.25) is 0 Å². The molecule has 174 valence electrons. The molecule has 0 spiro atoms. The van der Waals surface area contributed by atoms with Gasteiger partial charge in [-0.05, 0) is 64.4 Å². The van der Waals surface area contributed by atoms with Gasteiger partial charge in [0.1, 0.15) is 5.95 Å². The van der Waals surface area contributed by atoms with Crippen LogP contribution < -0.4 is 4.43 Å². The summed E-state index contributed by atoms with van der Waals surface area (Å²) in [7, 11) is -1.85. The van der Waals surface area contributed by atoms with Crippen molar-refractivity contribution in [1.29, 1.82) is 0 Å². The maximum atomic E-state index is 6.27. The van der Waals surface area contributed by atoms with Gasteiger partial charge in [-0.15, -0.1) is 0 Å². The summed E-state index contributed by atoms with van der Waals surface area (Å²) in [6.07, 6.45) is 1.78. The molecule has 5 nitrogen and oxygen atoms in total. The van der Waals surface area contributed by atoms with Crippen molar-refractivity contribution in [2.24, 2.45) is 0 Å². The Bertz CT molecular complexity index is 470. The van der Waals surface area contributed by atoms with Crippen LogP contribution in [-0.2, 0) is 35.9 Å². The largest absolute Gasteiger partial charge is 2.00 e. The summed E-state index contributed by atoms with van der Waals surface area (Å²) in [5.74, 6) is 0.628. The molecule has 1 aromatic heterocycles. The Balaban J connectivity index is 0. The van der Waals surface area contributed by atoms with Crippen LogP contribution in [-0.4, -0.2) is 26.6 Å². The third-order valence-electron chi connectivity index (χ3n) is 4.42. The molecule has 0 bridgehead atoms. The van der Waals surface area contributed by atoms with Gasteiger partial charge in [0.2, 0.25) is 8.32 Å². The molecule has 0 radical (unpaired) electrons. The van der Waals surface area contributed by atoms with Gasteiger partial charge >= 0.3 is 21.7 Å². The van der Waals surface area contributed by atoms with Crippen LogP contribution >= 0.6 is 0 Å². The van der Waals surface area contributed by atoms with Crippen LogP contribution in [0, 0.1) is 12.5 Å². The number of hydrogen-bond acceptors (Lipinski definition) is 5. The molecule has 0 saturated heterocycles. The third-order valence-corrected chi connectivity index (χ3v) is 10.4. The average Bonchev–Trinajstić information content (AvgIpc) is 3.02. The molecule has 0 saturated carbocycles. The van der Waals surface area contributed by atoms with Crippen LogP contribution in [0.3, 0.4) is 0 Å². The van der Waals surface area contributed by atoms with Crippen LogP contribution in [0.4, 0.5) is 0 Å². The van der Waals surface area contributed by atoms with Gasteiger partial charge in [-0.25, -0.2) is 6.07 Å². The molecular weight excluding hydrogens is 432 g/mol. The van der Waals surface area contributed by atoms with Crippen LogP contribution in [0.1, 0.15) is 83.1 Å². The van der Waals surface area contributed by atoms with Gasteiger partial charge in [0.05, 0.1) is 0 Å². The standard InChI is InChI=1S/C13H23O2Si.C10H21O3.Ti/c1-10(2)16(11(3)4,12(5)6)15-13-8-7-9-14-13;1-7(2)11-10(12-8(3)4)13-9(5)6;/h8-12H,1-6H3;7-9H,1-6H3;/q2*-1;+2. The summed E-state index contributed by atoms with van der Waals surface area (Å²) in [6.45, 7) is 25.5. The quantitative estimate of drug-likeness (QED) is 0.247. The first kappa shape index (κ1) is 32.1. The van der Waals surface area contributed by atoms with E-state index in [0.717, 1.165) is 0 Å². The van der Waals surface area contributed by atoms with Crippen molar-refractivity contribution in [2.75, 3.05) is 0 Å². The number of rotatable bonds is 11. The topological polar surface area (TPSA) is 50.1 Å². The summed E-state index contributed by atoms with van der Waals surface area (Å²) in [5, 5.41) is 0. The molecule has 1 aromatic rings. The maximum absolute atomic E-state index is 6.27. The van der Waals surface area contributed by atoms with E-state index in [2.05, 4.69) is 47.6 Å². The Hall–Kier alpha value is -0.109. The van der Waals surface area contributed by atoms with Crippen molar-refractivity contribution in [2.45, 2.75) is 118 Å². The minimum Gasteiger partial charge on any atom is -0.605 e. The van der Waals surface area contributed by atoms with Crippen molar-refractivity contribution in [3.8, 4) is 5.95 Å². The van der Waals surface area contributed by atoms with Crippen molar-refractivity contribution in [3.63, 3.8) is 0 Å². The predicted molar refractivity (Wildman–Crippen MR) is 121 cm³/mol. The fourth-order valence-electron chi connectivity index (χ4n) is 3.47. The van der Waals surface area contributed by atoms with Crippen LogP contribution in [0.2, 0.25) is 16.6 Å². The van der Waals surface area contributed by atoms with Gasteiger partial charge in [-0.2, -0.15) is 6.07 Å². The first-order valence-electron chi connectivity index (χ1n) is 10.8. The number of hydrogen-bond donors (Lipinski definition) is 0. The molecule has 30 heavy (non-hydrogen) atoms. The van der Waals surface area contributed by atoms with Gasteiger partial charge in [0.25, 0.3) is 0 Å².